The predicted octanol–water partition coefficient (Wildman–Crippen LogP) is 0.579. The van der Waals surface area contributed by atoms with Crippen LogP contribution in [-0.2, 0) is 17.6 Å². The lowest BCUT2D eigenvalue weighted by Crippen LogP contribution is -2.44. The third-order valence-electron chi connectivity index (χ3n) is 4.88. The van der Waals surface area contributed by atoms with Gasteiger partial charge >= 0.3 is 0 Å². The summed E-state index contributed by atoms with van der Waals surface area (Å²) in [5.41, 5.74) is 2.39. The molecular weight excluding hydrogens is 304 g/mol. The molecule has 1 aliphatic heterocycles. The molecule has 24 heavy (non-hydrogen) atoms. The van der Waals surface area contributed by atoms with Gasteiger partial charge in [-0.15, -0.1) is 6.42 Å². The van der Waals surface area contributed by atoms with E-state index >= 15 is 0 Å². The van der Waals surface area contributed by atoms with E-state index in [0.29, 0.717) is 12.3 Å². The molecule has 2 aliphatic rings. The highest BCUT2D eigenvalue weighted by Crippen LogP contribution is 2.32. The Morgan fingerprint density at radius 3 is 3.21 bits per heavy atom. The standard InChI is InChI=1S/C17H20N6O/c1-2-8-18-15(24)12-5-4-9-22(10-12)16-13-6-3-7-14(13)21-17-19-11-20-23(16)17/h1,11-12H,3-10H2,(H,18,24)/t12-/m0/s1. The molecule has 7 nitrogen and oxygen atoms in total. The number of anilines is 1. The van der Waals surface area contributed by atoms with Gasteiger partial charge in [-0.2, -0.15) is 14.6 Å². The average molecular weight is 324 g/mol. The molecular formula is C17H20N6O. The van der Waals surface area contributed by atoms with Crippen molar-refractivity contribution in [3.63, 3.8) is 0 Å². The number of amides is 1. The number of aryl methyl sites for hydroxylation is 1. The lowest BCUT2D eigenvalue weighted by molar-refractivity contribution is -0.124. The number of carbonyl (C=O) groups is 1. The summed E-state index contributed by atoms with van der Waals surface area (Å²) in [4.78, 5) is 23.5. The molecule has 7 heteroatoms. The van der Waals surface area contributed by atoms with Gasteiger partial charge < -0.3 is 10.2 Å². The van der Waals surface area contributed by atoms with E-state index in [1.807, 2.05) is 4.52 Å². The van der Waals surface area contributed by atoms with Crippen molar-refractivity contribution in [2.45, 2.75) is 32.1 Å². The minimum Gasteiger partial charge on any atom is -0.355 e. The molecule has 0 saturated carbocycles. The number of nitrogens with zero attached hydrogens (tertiary/aromatic N) is 5. The Kier molecular flexibility index (Phi) is 3.81. The molecule has 124 valence electrons. The van der Waals surface area contributed by atoms with Gasteiger partial charge in [0.1, 0.15) is 12.1 Å². The van der Waals surface area contributed by atoms with E-state index in [2.05, 4.69) is 31.2 Å². The number of piperidine rings is 1. The highest BCUT2D eigenvalue weighted by Gasteiger charge is 2.30. The number of rotatable bonds is 3. The summed E-state index contributed by atoms with van der Waals surface area (Å²) in [6.07, 6.45) is 11.8. The first kappa shape index (κ1) is 14.9. The predicted molar refractivity (Wildman–Crippen MR) is 89.6 cm³/mol. The first-order chi connectivity index (χ1) is 11.8. The van der Waals surface area contributed by atoms with Crippen LogP contribution in [-0.4, -0.2) is 45.1 Å². The Balaban J connectivity index is 1.66. The summed E-state index contributed by atoms with van der Waals surface area (Å²) in [5.74, 6) is 4.17. The Hall–Kier alpha value is -2.62. The fourth-order valence-corrected chi connectivity index (χ4v) is 3.79. The number of hydrogen-bond acceptors (Lipinski definition) is 5. The van der Waals surface area contributed by atoms with Gasteiger partial charge in [0.2, 0.25) is 5.91 Å². The largest absolute Gasteiger partial charge is 0.355 e. The molecule has 2 aromatic heterocycles. The maximum Gasteiger partial charge on any atom is 0.254 e. The summed E-state index contributed by atoms with van der Waals surface area (Å²) in [6, 6.07) is 0. The van der Waals surface area contributed by atoms with E-state index in [0.717, 1.165) is 50.2 Å². The second kappa shape index (κ2) is 6.11. The lowest BCUT2D eigenvalue weighted by atomic mass is 9.96. The number of aromatic nitrogens is 4. The van der Waals surface area contributed by atoms with Crippen LogP contribution in [0.5, 0.6) is 0 Å². The van der Waals surface area contributed by atoms with E-state index in [1.54, 1.807) is 6.33 Å². The van der Waals surface area contributed by atoms with Crippen LogP contribution in [0.4, 0.5) is 5.82 Å². The molecule has 3 heterocycles. The maximum absolute atomic E-state index is 12.3. The van der Waals surface area contributed by atoms with Crippen LogP contribution in [0.2, 0.25) is 0 Å². The van der Waals surface area contributed by atoms with E-state index in [9.17, 15) is 4.79 Å². The van der Waals surface area contributed by atoms with Crippen LogP contribution in [0, 0.1) is 18.3 Å². The van der Waals surface area contributed by atoms with Crippen molar-refractivity contribution < 1.29 is 4.79 Å². The third-order valence-corrected chi connectivity index (χ3v) is 4.88. The SMILES string of the molecule is C#CCNC(=O)[C@H]1CCCN(c2c3c(nc4ncnn24)CCC3)C1. The fourth-order valence-electron chi connectivity index (χ4n) is 3.79. The van der Waals surface area contributed by atoms with Crippen molar-refractivity contribution in [2.75, 3.05) is 24.5 Å². The summed E-state index contributed by atoms with van der Waals surface area (Å²) in [5, 5.41) is 7.17. The molecule has 0 bridgehead atoms. The normalized spacial score (nSPS) is 20.0. The Bertz CT molecular complexity index is 820. The molecule has 1 atom stereocenters. The quantitative estimate of drug-likeness (QED) is 0.836. The zero-order chi connectivity index (χ0) is 16.5. The van der Waals surface area contributed by atoms with Crippen molar-refractivity contribution in [1.82, 2.24) is 24.9 Å². The molecule has 1 aliphatic carbocycles. The summed E-state index contributed by atoms with van der Waals surface area (Å²) >= 11 is 0. The number of carbonyl (C=O) groups excluding carboxylic acids is 1. The first-order valence-corrected chi connectivity index (χ1v) is 8.45. The van der Waals surface area contributed by atoms with Crippen LogP contribution in [0.15, 0.2) is 6.33 Å². The fraction of sp³-hybridized carbons (Fsp3) is 0.529. The highest BCUT2D eigenvalue weighted by molar-refractivity contribution is 5.80. The number of hydrogen-bond donors (Lipinski definition) is 1. The zero-order valence-electron chi connectivity index (χ0n) is 13.5. The van der Waals surface area contributed by atoms with Crippen molar-refractivity contribution in [2.24, 2.45) is 5.92 Å². The number of fused-ring (bicyclic) bond motifs is 2. The van der Waals surface area contributed by atoms with Crippen LogP contribution in [0.1, 0.15) is 30.5 Å². The van der Waals surface area contributed by atoms with E-state index in [1.165, 1.54) is 5.56 Å². The summed E-state index contributed by atoms with van der Waals surface area (Å²) in [6.45, 7) is 1.89. The van der Waals surface area contributed by atoms with Gasteiger partial charge in [0, 0.05) is 18.7 Å². The third kappa shape index (κ3) is 2.48. The second-order valence-corrected chi connectivity index (χ2v) is 6.39. The van der Waals surface area contributed by atoms with Gasteiger partial charge in [-0.05, 0) is 32.1 Å². The monoisotopic (exact) mass is 324 g/mol. The summed E-state index contributed by atoms with van der Waals surface area (Å²) in [7, 11) is 0. The Labute approximate surface area is 140 Å². The van der Waals surface area contributed by atoms with Gasteiger partial charge in [-0.25, -0.2) is 4.98 Å². The average Bonchev–Trinajstić information content (AvgIpc) is 3.26. The minimum atomic E-state index is -0.0455. The van der Waals surface area contributed by atoms with Crippen molar-refractivity contribution in [3.8, 4) is 12.3 Å². The van der Waals surface area contributed by atoms with E-state index < -0.39 is 0 Å². The Morgan fingerprint density at radius 2 is 2.33 bits per heavy atom. The van der Waals surface area contributed by atoms with Gasteiger partial charge in [0.15, 0.2) is 0 Å². The molecule has 1 N–H and O–H groups in total. The van der Waals surface area contributed by atoms with Gasteiger partial charge in [0.25, 0.3) is 5.78 Å². The molecule has 1 fully saturated rings. The lowest BCUT2D eigenvalue weighted by Gasteiger charge is -2.34. The van der Waals surface area contributed by atoms with Crippen molar-refractivity contribution in [1.29, 1.82) is 0 Å². The molecule has 0 radical (unpaired) electrons. The molecule has 0 aromatic carbocycles. The van der Waals surface area contributed by atoms with Gasteiger partial charge in [0.05, 0.1) is 18.2 Å². The zero-order valence-corrected chi connectivity index (χ0v) is 13.5. The van der Waals surface area contributed by atoms with Crippen molar-refractivity contribution in [3.05, 3.63) is 17.6 Å². The van der Waals surface area contributed by atoms with Gasteiger partial charge in [-0.3, -0.25) is 4.79 Å². The first-order valence-electron chi connectivity index (χ1n) is 8.45. The van der Waals surface area contributed by atoms with Crippen LogP contribution < -0.4 is 10.2 Å². The minimum absolute atomic E-state index is 0.0400. The second-order valence-electron chi connectivity index (χ2n) is 6.39. The maximum atomic E-state index is 12.3. The van der Waals surface area contributed by atoms with Crippen LogP contribution >= 0.6 is 0 Å². The number of terminal acetylenes is 1. The highest BCUT2D eigenvalue weighted by atomic mass is 16.1. The van der Waals surface area contributed by atoms with Gasteiger partial charge in [-0.1, -0.05) is 5.92 Å². The smallest absolute Gasteiger partial charge is 0.254 e. The van der Waals surface area contributed by atoms with Crippen molar-refractivity contribution >= 4 is 17.5 Å². The molecule has 1 saturated heterocycles. The van der Waals surface area contributed by atoms with Crippen LogP contribution in [0.3, 0.4) is 0 Å². The molecule has 0 spiro atoms. The summed E-state index contributed by atoms with van der Waals surface area (Å²) < 4.78 is 1.83. The Morgan fingerprint density at radius 1 is 1.42 bits per heavy atom. The van der Waals surface area contributed by atoms with E-state index in [4.69, 9.17) is 6.42 Å². The molecule has 1 amide bonds. The van der Waals surface area contributed by atoms with E-state index in [-0.39, 0.29) is 18.4 Å². The molecule has 2 aromatic rings. The number of nitrogens with one attached hydrogen (secondary N) is 1. The van der Waals surface area contributed by atoms with Crippen LogP contribution in [0.25, 0.3) is 5.78 Å². The molecule has 0 unspecified atom stereocenters. The topological polar surface area (TPSA) is 75.4 Å². The molecule has 4 rings (SSSR count).